The summed E-state index contributed by atoms with van der Waals surface area (Å²) in [6.07, 6.45) is -2.13. The lowest BCUT2D eigenvalue weighted by molar-refractivity contribution is -0.0942. The summed E-state index contributed by atoms with van der Waals surface area (Å²) < 4.78 is 36.0. The zero-order valence-corrected chi connectivity index (χ0v) is 27.9. The first-order valence-electron chi connectivity index (χ1n) is 15.6. The average Bonchev–Trinajstić information content (AvgIpc) is 3.55. The lowest BCUT2D eigenvalue weighted by Crippen LogP contribution is -2.51. The fraction of sp³-hybridized carbons (Fsp3) is 0.222. The van der Waals surface area contributed by atoms with Gasteiger partial charge in [0, 0.05) is 23.4 Å². The highest BCUT2D eigenvalue weighted by molar-refractivity contribution is 7.32. The van der Waals surface area contributed by atoms with Crippen LogP contribution in [0.3, 0.4) is 0 Å². The first-order chi connectivity index (χ1) is 24.2. The van der Waals surface area contributed by atoms with Crippen LogP contribution in [0.2, 0.25) is 0 Å². The van der Waals surface area contributed by atoms with E-state index in [0.29, 0.717) is 28.2 Å². The van der Waals surface area contributed by atoms with Gasteiger partial charge in [0.05, 0.1) is 19.6 Å². The fourth-order valence-corrected chi connectivity index (χ4v) is 6.82. The van der Waals surface area contributed by atoms with E-state index in [9.17, 15) is 24.2 Å². The normalized spacial score (nSPS) is 18.2. The summed E-state index contributed by atoms with van der Waals surface area (Å²) in [4.78, 5) is 43.8. The SMILES string of the molecule is COc1ccc(C(c2ccccc2)(c2ccc(OC)cc2)C(O)[C@H]2O[C@@H](n3ccc(NC(=O)c4ccccn4)nc3=O)C[C@@H]2O[P+](=O)O)cc1. The van der Waals surface area contributed by atoms with E-state index in [2.05, 4.69) is 15.3 Å². The molecule has 0 saturated carbocycles. The first-order valence-corrected chi connectivity index (χ1v) is 16.7. The maximum absolute atomic E-state index is 13.3. The van der Waals surface area contributed by atoms with Crippen LogP contribution in [0.25, 0.3) is 0 Å². The van der Waals surface area contributed by atoms with Gasteiger partial charge < -0.3 is 24.6 Å². The zero-order chi connectivity index (χ0) is 35.3. The molecule has 1 saturated heterocycles. The van der Waals surface area contributed by atoms with E-state index in [1.165, 1.54) is 29.1 Å². The third-order valence-corrected chi connectivity index (χ3v) is 9.15. The lowest BCUT2D eigenvalue weighted by Gasteiger charge is -2.42. The number of hydrogen-bond donors (Lipinski definition) is 3. The van der Waals surface area contributed by atoms with Gasteiger partial charge in [0.15, 0.2) is 0 Å². The number of hydrogen-bond acceptors (Lipinski definition) is 10. The summed E-state index contributed by atoms with van der Waals surface area (Å²) in [5, 5.41) is 15.3. The van der Waals surface area contributed by atoms with Gasteiger partial charge in [0.25, 0.3) is 5.91 Å². The number of carbonyl (C=O) groups is 1. The number of pyridine rings is 1. The van der Waals surface area contributed by atoms with E-state index in [-0.39, 0.29) is 17.9 Å². The molecule has 0 radical (unpaired) electrons. The number of nitrogens with one attached hydrogen (secondary N) is 1. The molecule has 1 aliphatic heterocycles. The van der Waals surface area contributed by atoms with Gasteiger partial charge in [-0.15, -0.1) is 9.42 Å². The number of anilines is 1. The molecule has 1 fully saturated rings. The number of nitrogens with zero attached hydrogens (tertiary/aromatic N) is 3. The molecule has 13 nitrogen and oxygen atoms in total. The van der Waals surface area contributed by atoms with Crippen LogP contribution in [0.5, 0.6) is 11.5 Å². The second-order valence-electron chi connectivity index (χ2n) is 11.4. The van der Waals surface area contributed by atoms with E-state index in [1.807, 2.05) is 54.6 Å². The van der Waals surface area contributed by atoms with Crippen molar-refractivity contribution >= 4 is 20.0 Å². The van der Waals surface area contributed by atoms with Gasteiger partial charge in [0.2, 0.25) is 0 Å². The molecule has 50 heavy (non-hydrogen) atoms. The van der Waals surface area contributed by atoms with Crippen molar-refractivity contribution in [3.8, 4) is 11.5 Å². The highest BCUT2D eigenvalue weighted by Gasteiger charge is 2.55. The number of aromatic nitrogens is 3. The average molecular weight is 698 g/mol. The molecule has 0 spiro atoms. The van der Waals surface area contributed by atoms with Crippen molar-refractivity contribution in [3.05, 3.63) is 148 Å². The van der Waals surface area contributed by atoms with Gasteiger partial charge in [0.1, 0.15) is 47.6 Å². The Morgan fingerprint density at radius 1 is 0.920 bits per heavy atom. The number of benzene rings is 3. The standard InChI is InChI=1S/C36H33N4O9P/c1-46-26-15-11-24(12-16-26)36(23-8-4-3-5-9-23,25-13-17-27(47-2)18-14-25)33(41)32-29(49-50(44)45)22-31(48-32)40-21-19-30(39-35(40)43)38-34(42)28-10-6-7-20-37-28/h3-21,29,31-33,41H,22H2,1-2H3,(H-,38,39,42,43,44,45)/p+1/t29-,31+,32-,33?/m0/s1. The summed E-state index contributed by atoms with van der Waals surface area (Å²) in [5.74, 6) is 0.638. The van der Waals surface area contributed by atoms with Gasteiger partial charge in [-0.2, -0.15) is 4.98 Å². The van der Waals surface area contributed by atoms with Crippen LogP contribution in [0, 0.1) is 0 Å². The number of rotatable bonds is 12. The summed E-state index contributed by atoms with van der Waals surface area (Å²) >= 11 is 0. The predicted octanol–water partition coefficient (Wildman–Crippen LogP) is 4.63. The summed E-state index contributed by atoms with van der Waals surface area (Å²) in [6, 6.07) is 30.0. The number of methoxy groups -OCH3 is 2. The van der Waals surface area contributed by atoms with Crippen molar-refractivity contribution in [2.24, 2.45) is 0 Å². The van der Waals surface area contributed by atoms with Crippen molar-refractivity contribution in [3.63, 3.8) is 0 Å². The largest absolute Gasteiger partial charge is 0.695 e. The van der Waals surface area contributed by atoms with Crippen molar-refractivity contribution in [2.75, 3.05) is 19.5 Å². The molecule has 3 aromatic carbocycles. The van der Waals surface area contributed by atoms with Crippen LogP contribution < -0.4 is 20.5 Å². The fourth-order valence-electron chi connectivity index (χ4n) is 6.38. The second-order valence-corrected chi connectivity index (χ2v) is 12.1. The van der Waals surface area contributed by atoms with Gasteiger partial charge in [-0.25, -0.2) is 4.79 Å². The van der Waals surface area contributed by atoms with E-state index in [0.717, 1.165) is 0 Å². The van der Waals surface area contributed by atoms with Crippen molar-refractivity contribution < 1.29 is 38.1 Å². The number of amides is 1. The van der Waals surface area contributed by atoms with Gasteiger partial charge in [-0.1, -0.05) is 60.7 Å². The molecule has 1 amide bonds. The molecule has 0 aliphatic carbocycles. The number of ether oxygens (including phenoxy) is 3. The van der Waals surface area contributed by atoms with Crippen molar-refractivity contribution in [1.29, 1.82) is 0 Å². The van der Waals surface area contributed by atoms with Crippen LogP contribution in [0.1, 0.15) is 39.8 Å². The van der Waals surface area contributed by atoms with Gasteiger partial charge in [-0.05, 0) is 59.2 Å². The first kappa shape index (κ1) is 34.6. The quantitative estimate of drug-likeness (QED) is 0.123. The Balaban J connectivity index is 1.42. The number of carbonyl (C=O) groups excluding carboxylic acids is 1. The van der Waals surface area contributed by atoms with E-state index in [1.54, 1.807) is 50.6 Å². The monoisotopic (exact) mass is 697 g/mol. The maximum atomic E-state index is 13.3. The Bertz CT molecular complexity index is 1950. The Morgan fingerprint density at radius 2 is 1.52 bits per heavy atom. The molecule has 0 bridgehead atoms. The maximum Gasteiger partial charge on any atom is 0.695 e. The lowest BCUT2D eigenvalue weighted by atomic mass is 9.64. The Kier molecular flexibility index (Phi) is 10.4. The Hall–Kier alpha value is -5.30. The van der Waals surface area contributed by atoms with E-state index < -0.39 is 49.8 Å². The van der Waals surface area contributed by atoms with Gasteiger partial charge >= 0.3 is 13.9 Å². The molecular weight excluding hydrogens is 663 g/mol. The molecule has 1 aliphatic rings. The third kappa shape index (κ3) is 6.90. The van der Waals surface area contributed by atoms with E-state index >= 15 is 0 Å². The molecule has 5 atom stereocenters. The molecule has 3 N–H and O–H groups in total. The predicted molar refractivity (Wildman–Crippen MR) is 182 cm³/mol. The summed E-state index contributed by atoms with van der Waals surface area (Å²) in [7, 11) is -0.0271. The molecule has 14 heteroatoms. The molecule has 5 aromatic rings. The molecule has 3 heterocycles. The molecule has 256 valence electrons. The summed E-state index contributed by atoms with van der Waals surface area (Å²) in [6.45, 7) is 0. The minimum Gasteiger partial charge on any atom is -0.497 e. The highest BCUT2D eigenvalue weighted by atomic mass is 31.1. The third-order valence-electron chi connectivity index (χ3n) is 8.69. The molecular formula is C36H34N4O9P+. The number of aliphatic hydroxyl groups is 1. The van der Waals surface area contributed by atoms with Crippen molar-refractivity contribution in [1.82, 2.24) is 14.5 Å². The molecule has 2 unspecified atom stereocenters. The Labute approximate surface area is 288 Å². The van der Waals surface area contributed by atoms with Crippen molar-refractivity contribution in [2.45, 2.75) is 36.4 Å². The van der Waals surface area contributed by atoms with Gasteiger partial charge in [-0.3, -0.25) is 14.3 Å². The topological polar surface area (TPSA) is 171 Å². The van der Waals surface area contributed by atoms with Crippen LogP contribution in [0.15, 0.2) is 120 Å². The highest BCUT2D eigenvalue weighted by Crippen LogP contribution is 2.48. The second kappa shape index (κ2) is 15.1. The minimum absolute atomic E-state index is 0.00942. The van der Waals surface area contributed by atoms with Crippen LogP contribution >= 0.6 is 8.25 Å². The minimum atomic E-state index is -3.14. The molecule has 2 aromatic heterocycles. The van der Waals surface area contributed by atoms with Crippen LogP contribution in [-0.4, -0.2) is 63.0 Å². The van der Waals surface area contributed by atoms with E-state index in [4.69, 9.17) is 18.7 Å². The smallest absolute Gasteiger partial charge is 0.497 e. The zero-order valence-electron chi connectivity index (χ0n) is 27.0. The molecule has 6 rings (SSSR count). The van der Waals surface area contributed by atoms with Crippen LogP contribution in [-0.2, 0) is 19.2 Å². The van der Waals surface area contributed by atoms with Crippen LogP contribution in [0.4, 0.5) is 5.82 Å². The Morgan fingerprint density at radius 3 is 2.06 bits per heavy atom. The number of aliphatic hydroxyl groups excluding tert-OH is 1. The summed E-state index contributed by atoms with van der Waals surface area (Å²) in [5.41, 5.74) is 0.0411.